The third kappa shape index (κ3) is 5.25. The summed E-state index contributed by atoms with van der Waals surface area (Å²) in [5.41, 5.74) is 1.27. The predicted octanol–water partition coefficient (Wildman–Crippen LogP) is 5.04. The third-order valence-corrected chi connectivity index (χ3v) is 3.82. The van der Waals surface area contributed by atoms with Gasteiger partial charge >= 0.3 is 5.97 Å². The molecule has 0 aliphatic rings. The van der Waals surface area contributed by atoms with Crippen LogP contribution in [0.15, 0.2) is 48.0 Å². The fourth-order valence-electron chi connectivity index (χ4n) is 2.03. The number of esters is 1. The van der Waals surface area contributed by atoms with Gasteiger partial charge < -0.3 is 9.47 Å². The molecule has 2 aromatic rings. The number of ether oxygens (including phenoxy) is 2. The molecule has 4 nitrogen and oxygen atoms in total. The van der Waals surface area contributed by atoms with E-state index < -0.39 is 5.97 Å². The maximum atomic E-state index is 11.8. The van der Waals surface area contributed by atoms with E-state index in [-0.39, 0.29) is 18.8 Å². The molecule has 0 unspecified atom stereocenters. The number of rotatable bonds is 6. The van der Waals surface area contributed by atoms with Crippen LogP contribution in [0, 0.1) is 11.3 Å². The zero-order valence-corrected chi connectivity index (χ0v) is 15.0. The highest BCUT2D eigenvalue weighted by molar-refractivity contribution is 6.35. The molecule has 2 aromatic carbocycles. The van der Waals surface area contributed by atoms with E-state index in [4.69, 9.17) is 37.9 Å². The van der Waals surface area contributed by atoms with E-state index in [9.17, 15) is 4.79 Å². The zero-order valence-electron chi connectivity index (χ0n) is 13.5. The van der Waals surface area contributed by atoms with Crippen LogP contribution in [0.3, 0.4) is 0 Å². The minimum atomic E-state index is -0.666. The molecule has 0 aliphatic carbocycles. The first-order valence-corrected chi connectivity index (χ1v) is 8.25. The molecule has 0 amide bonds. The first kappa shape index (κ1) is 18.9. The number of para-hydroxylation sites is 1. The largest absolute Gasteiger partial charge is 0.488 e. The molecule has 0 aliphatic heterocycles. The van der Waals surface area contributed by atoms with Gasteiger partial charge in [-0.2, -0.15) is 5.26 Å². The Morgan fingerprint density at radius 2 is 2.00 bits per heavy atom. The molecular formula is C19H15Cl2NO3. The summed E-state index contributed by atoms with van der Waals surface area (Å²) in [5, 5.41) is 10.2. The summed E-state index contributed by atoms with van der Waals surface area (Å²) in [6.45, 7) is 2.10. The number of nitriles is 1. The van der Waals surface area contributed by atoms with Crippen molar-refractivity contribution in [2.45, 2.75) is 13.5 Å². The van der Waals surface area contributed by atoms with Gasteiger partial charge in [0.25, 0.3) is 0 Å². The third-order valence-electron chi connectivity index (χ3n) is 3.23. The Morgan fingerprint density at radius 1 is 1.24 bits per heavy atom. The topological polar surface area (TPSA) is 59.3 Å². The quantitative estimate of drug-likeness (QED) is 0.403. The summed E-state index contributed by atoms with van der Waals surface area (Å²) in [4.78, 5) is 11.8. The lowest BCUT2D eigenvalue weighted by Gasteiger charge is -2.11. The highest BCUT2D eigenvalue weighted by Gasteiger charge is 2.12. The summed E-state index contributed by atoms with van der Waals surface area (Å²) in [7, 11) is 0. The smallest absolute Gasteiger partial charge is 0.348 e. The molecule has 0 saturated carbocycles. The van der Waals surface area contributed by atoms with Gasteiger partial charge in [0.15, 0.2) is 0 Å². The molecule has 0 fully saturated rings. The Kier molecular flexibility index (Phi) is 6.88. The van der Waals surface area contributed by atoms with Gasteiger partial charge in [-0.1, -0.05) is 47.5 Å². The number of carbonyl (C=O) groups excluding carboxylic acids is 1. The lowest BCUT2D eigenvalue weighted by atomic mass is 10.1. The van der Waals surface area contributed by atoms with Crippen molar-refractivity contribution >= 4 is 35.2 Å². The van der Waals surface area contributed by atoms with E-state index in [1.54, 1.807) is 49.4 Å². The molecule has 0 aromatic heterocycles. The van der Waals surface area contributed by atoms with Crippen LogP contribution < -0.4 is 4.74 Å². The molecule has 6 heteroatoms. The second-order valence-electron chi connectivity index (χ2n) is 4.95. The van der Waals surface area contributed by atoms with Gasteiger partial charge in [0.2, 0.25) is 0 Å². The highest BCUT2D eigenvalue weighted by atomic mass is 35.5. The normalized spacial score (nSPS) is 10.9. The molecule has 0 spiro atoms. The van der Waals surface area contributed by atoms with Crippen LogP contribution in [0.25, 0.3) is 6.08 Å². The number of nitrogens with zero attached hydrogens (tertiary/aromatic N) is 1. The molecule has 0 radical (unpaired) electrons. The van der Waals surface area contributed by atoms with Crippen LogP contribution >= 0.6 is 23.2 Å². The maximum absolute atomic E-state index is 11.8. The molecule has 0 heterocycles. The van der Waals surface area contributed by atoms with E-state index in [1.165, 1.54) is 6.08 Å². The fourth-order valence-corrected chi connectivity index (χ4v) is 2.49. The minimum Gasteiger partial charge on any atom is -0.488 e. The molecule has 0 N–H and O–H groups in total. The average molecular weight is 376 g/mol. The van der Waals surface area contributed by atoms with Crippen molar-refractivity contribution in [1.82, 2.24) is 0 Å². The number of hydrogen-bond donors (Lipinski definition) is 0. The van der Waals surface area contributed by atoms with E-state index >= 15 is 0 Å². The van der Waals surface area contributed by atoms with Crippen LogP contribution in [0.4, 0.5) is 0 Å². The van der Waals surface area contributed by atoms with Gasteiger partial charge in [-0.3, -0.25) is 0 Å². The van der Waals surface area contributed by atoms with Crippen LogP contribution in [-0.4, -0.2) is 12.6 Å². The van der Waals surface area contributed by atoms with Crippen molar-refractivity contribution < 1.29 is 14.3 Å². The summed E-state index contributed by atoms with van der Waals surface area (Å²) in [5.74, 6) is -0.147. The standard InChI is InChI=1S/C19H15Cl2NO3/c1-2-24-19(23)15(11-22)9-13-5-3-4-6-18(13)25-12-14-7-8-16(20)10-17(14)21/h3-10H,2,12H2,1H3/b15-9+. The van der Waals surface area contributed by atoms with Crippen LogP contribution in [0.5, 0.6) is 5.75 Å². The summed E-state index contributed by atoms with van der Waals surface area (Å²) >= 11 is 12.0. The van der Waals surface area contributed by atoms with Gasteiger partial charge in [0, 0.05) is 21.2 Å². The van der Waals surface area contributed by atoms with E-state index in [2.05, 4.69) is 0 Å². The van der Waals surface area contributed by atoms with Crippen molar-refractivity contribution in [2.24, 2.45) is 0 Å². The van der Waals surface area contributed by atoms with E-state index in [1.807, 2.05) is 6.07 Å². The monoisotopic (exact) mass is 375 g/mol. The van der Waals surface area contributed by atoms with Gasteiger partial charge in [-0.05, 0) is 31.2 Å². The average Bonchev–Trinajstić information content (AvgIpc) is 2.60. The van der Waals surface area contributed by atoms with Gasteiger partial charge in [0.05, 0.1) is 6.61 Å². The molecule has 0 saturated heterocycles. The minimum absolute atomic E-state index is 0.0950. The summed E-state index contributed by atoms with van der Waals surface area (Å²) < 4.78 is 10.7. The Morgan fingerprint density at radius 3 is 2.68 bits per heavy atom. The highest BCUT2D eigenvalue weighted by Crippen LogP contribution is 2.25. The van der Waals surface area contributed by atoms with Gasteiger partial charge in [0.1, 0.15) is 24.0 Å². The van der Waals surface area contributed by atoms with Crippen molar-refractivity contribution in [3.05, 3.63) is 69.2 Å². The molecule has 0 atom stereocenters. The second-order valence-corrected chi connectivity index (χ2v) is 5.80. The van der Waals surface area contributed by atoms with Gasteiger partial charge in [-0.25, -0.2) is 4.79 Å². The lowest BCUT2D eigenvalue weighted by Crippen LogP contribution is -2.06. The Hall–Kier alpha value is -2.48. The lowest BCUT2D eigenvalue weighted by molar-refractivity contribution is -0.137. The van der Waals surface area contributed by atoms with Crippen LogP contribution in [0.2, 0.25) is 10.0 Å². The van der Waals surface area contributed by atoms with Crippen molar-refractivity contribution in [3.63, 3.8) is 0 Å². The van der Waals surface area contributed by atoms with Gasteiger partial charge in [-0.15, -0.1) is 0 Å². The van der Waals surface area contributed by atoms with Crippen molar-refractivity contribution in [2.75, 3.05) is 6.61 Å². The zero-order chi connectivity index (χ0) is 18.2. The SMILES string of the molecule is CCOC(=O)/C(C#N)=C/c1ccccc1OCc1ccc(Cl)cc1Cl. The fraction of sp³-hybridized carbons (Fsp3) is 0.158. The van der Waals surface area contributed by atoms with Crippen LogP contribution in [0.1, 0.15) is 18.1 Å². The van der Waals surface area contributed by atoms with Crippen LogP contribution in [-0.2, 0) is 16.1 Å². The molecule has 128 valence electrons. The predicted molar refractivity (Wildman–Crippen MR) is 97.5 cm³/mol. The first-order chi connectivity index (χ1) is 12.0. The summed E-state index contributed by atoms with van der Waals surface area (Å²) in [6, 6.07) is 14.1. The molecule has 0 bridgehead atoms. The number of hydrogen-bond acceptors (Lipinski definition) is 4. The van der Waals surface area contributed by atoms with E-state index in [0.29, 0.717) is 21.4 Å². The molecule has 25 heavy (non-hydrogen) atoms. The van der Waals surface area contributed by atoms with E-state index in [0.717, 1.165) is 5.56 Å². The van der Waals surface area contributed by atoms with Crippen molar-refractivity contribution in [3.8, 4) is 11.8 Å². The number of carbonyl (C=O) groups is 1. The Balaban J connectivity index is 2.23. The Bertz CT molecular complexity index is 841. The van der Waals surface area contributed by atoms with Crippen molar-refractivity contribution in [1.29, 1.82) is 5.26 Å². The first-order valence-electron chi connectivity index (χ1n) is 7.49. The number of benzene rings is 2. The second kappa shape index (κ2) is 9.12. The number of halogens is 2. The molecule has 2 rings (SSSR count). The molecular weight excluding hydrogens is 361 g/mol. The Labute approximate surface area is 156 Å². The maximum Gasteiger partial charge on any atom is 0.348 e. The summed E-state index contributed by atoms with van der Waals surface area (Å²) in [6.07, 6.45) is 1.44.